The van der Waals surface area contributed by atoms with Crippen LogP contribution in [0.3, 0.4) is 0 Å². The molecule has 0 saturated carbocycles. The fourth-order valence-electron chi connectivity index (χ4n) is 3.60. The van der Waals surface area contributed by atoms with Crippen LogP contribution in [0.2, 0.25) is 0 Å². The van der Waals surface area contributed by atoms with Gasteiger partial charge in [-0.1, -0.05) is 26.0 Å². The van der Waals surface area contributed by atoms with E-state index in [0.29, 0.717) is 0 Å². The molecule has 2 aromatic rings. The summed E-state index contributed by atoms with van der Waals surface area (Å²) in [5, 5.41) is 13.5. The number of aryl methyl sites for hydroxylation is 1. The molecule has 1 aliphatic rings. The van der Waals surface area contributed by atoms with Crippen molar-refractivity contribution in [1.82, 2.24) is 10.2 Å². The third-order valence-electron chi connectivity index (χ3n) is 5.36. The standard InChI is InChI=1S/C22H29FN2O2.ClH/c1-15(2)19-14-20(26)16(3)13-21(19)27-22(4,25-11-9-24-10-12-25)17-5-7-18(23)8-6-17;/h5-8,13-15,24,26H,9-12H2,1-4H3;1H. The Kier molecular flexibility index (Phi) is 7.32. The van der Waals surface area contributed by atoms with Crippen LogP contribution in [0.1, 0.15) is 43.4 Å². The molecule has 0 amide bonds. The lowest BCUT2D eigenvalue weighted by atomic mass is 9.98. The highest BCUT2D eigenvalue weighted by Crippen LogP contribution is 2.38. The van der Waals surface area contributed by atoms with E-state index in [2.05, 4.69) is 24.1 Å². The normalized spacial score (nSPS) is 17.1. The van der Waals surface area contributed by atoms with E-state index < -0.39 is 5.72 Å². The molecular weight excluding hydrogens is 379 g/mol. The Morgan fingerprint density at radius 2 is 1.75 bits per heavy atom. The van der Waals surface area contributed by atoms with Crippen molar-refractivity contribution >= 4 is 12.4 Å². The van der Waals surface area contributed by atoms with Crippen molar-refractivity contribution < 1.29 is 14.2 Å². The summed E-state index contributed by atoms with van der Waals surface area (Å²) in [5.74, 6) is 0.971. The van der Waals surface area contributed by atoms with Gasteiger partial charge in [-0.15, -0.1) is 12.4 Å². The maximum absolute atomic E-state index is 13.5. The minimum atomic E-state index is -0.733. The van der Waals surface area contributed by atoms with Gasteiger partial charge in [0.2, 0.25) is 0 Å². The summed E-state index contributed by atoms with van der Waals surface area (Å²) >= 11 is 0. The lowest BCUT2D eigenvalue weighted by Crippen LogP contribution is -2.55. The summed E-state index contributed by atoms with van der Waals surface area (Å²) in [5.41, 5.74) is 1.91. The molecule has 6 heteroatoms. The van der Waals surface area contributed by atoms with Crippen molar-refractivity contribution in [3.63, 3.8) is 0 Å². The molecule has 1 unspecified atom stereocenters. The molecule has 1 atom stereocenters. The maximum Gasteiger partial charge on any atom is 0.186 e. The first kappa shape index (κ1) is 22.5. The molecule has 0 aliphatic carbocycles. The summed E-state index contributed by atoms with van der Waals surface area (Å²) in [6.45, 7) is 11.5. The minimum absolute atomic E-state index is 0. The van der Waals surface area contributed by atoms with E-state index >= 15 is 0 Å². The number of hydrogen-bond acceptors (Lipinski definition) is 4. The molecular formula is C22H30ClFN2O2. The molecule has 0 radical (unpaired) electrons. The largest absolute Gasteiger partial charge is 0.508 e. The molecule has 2 N–H and O–H groups in total. The van der Waals surface area contributed by atoms with E-state index in [4.69, 9.17) is 4.74 Å². The summed E-state index contributed by atoms with van der Waals surface area (Å²) in [7, 11) is 0. The van der Waals surface area contributed by atoms with Gasteiger partial charge in [0, 0.05) is 37.3 Å². The molecule has 28 heavy (non-hydrogen) atoms. The van der Waals surface area contributed by atoms with Gasteiger partial charge in [0.1, 0.15) is 17.3 Å². The van der Waals surface area contributed by atoms with E-state index in [-0.39, 0.29) is 29.9 Å². The minimum Gasteiger partial charge on any atom is -0.508 e. The first-order valence-corrected chi connectivity index (χ1v) is 9.55. The molecule has 154 valence electrons. The van der Waals surface area contributed by atoms with Crippen LogP contribution in [0.25, 0.3) is 0 Å². The van der Waals surface area contributed by atoms with Crippen LogP contribution in [-0.2, 0) is 5.72 Å². The summed E-state index contributed by atoms with van der Waals surface area (Å²) < 4.78 is 20.2. The number of aromatic hydroxyl groups is 1. The van der Waals surface area contributed by atoms with E-state index in [0.717, 1.165) is 48.6 Å². The monoisotopic (exact) mass is 408 g/mol. The highest BCUT2D eigenvalue weighted by molar-refractivity contribution is 5.85. The van der Waals surface area contributed by atoms with Gasteiger partial charge in [-0.3, -0.25) is 4.90 Å². The van der Waals surface area contributed by atoms with Gasteiger partial charge in [-0.05, 0) is 49.6 Å². The van der Waals surface area contributed by atoms with Crippen LogP contribution in [-0.4, -0.2) is 36.2 Å². The van der Waals surface area contributed by atoms with Gasteiger partial charge < -0.3 is 15.2 Å². The Bertz CT molecular complexity index is 792. The lowest BCUT2D eigenvalue weighted by Gasteiger charge is -2.44. The molecule has 2 aromatic carbocycles. The first-order valence-electron chi connectivity index (χ1n) is 9.55. The number of hydrogen-bond donors (Lipinski definition) is 2. The van der Waals surface area contributed by atoms with Gasteiger partial charge in [0.05, 0.1) is 0 Å². The van der Waals surface area contributed by atoms with Crippen molar-refractivity contribution in [3.05, 3.63) is 58.9 Å². The first-order chi connectivity index (χ1) is 12.8. The van der Waals surface area contributed by atoms with E-state index in [9.17, 15) is 9.50 Å². The van der Waals surface area contributed by atoms with E-state index in [1.807, 2.05) is 19.9 Å². The molecule has 3 rings (SSSR count). The second-order valence-electron chi connectivity index (χ2n) is 7.66. The Morgan fingerprint density at radius 3 is 2.32 bits per heavy atom. The van der Waals surface area contributed by atoms with Crippen LogP contribution >= 0.6 is 12.4 Å². The molecule has 1 saturated heterocycles. The maximum atomic E-state index is 13.5. The predicted octanol–water partition coefficient (Wildman–Crippen LogP) is 4.54. The number of ether oxygens (including phenoxy) is 1. The zero-order chi connectivity index (χ0) is 19.6. The van der Waals surface area contributed by atoms with Gasteiger partial charge in [0.15, 0.2) is 5.72 Å². The van der Waals surface area contributed by atoms with Crippen LogP contribution in [0.4, 0.5) is 4.39 Å². The summed E-state index contributed by atoms with van der Waals surface area (Å²) in [4.78, 5) is 2.28. The van der Waals surface area contributed by atoms with Crippen LogP contribution in [0, 0.1) is 12.7 Å². The smallest absolute Gasteiger partial charge is 0.186 e. The molecule has 1 heterocycles. The van der Waals surface area contributed by atoms with Crippen LogP contribution in [0.15, 0.2) is 36.4 Å². The number of phenolic OH excluding ortho intramolecular Hbond substituents is 1. The van der Waals surface area contributed by atoms with Crippen molar-refractivity contribution in [2.75, 3.05) is 26.2 Å². The highest BCUT2D eigenvalue weighted by atomic mass is 35.5. The SMILES string of the molecule is Cc1cc(OC(C)(c2ccc(F)cc2)N2CCNCC2)c(C(C)C)cc1O.Cl. The van der Waals surface area contributed by atoms with Gasteiger partial charge in [-0.2, -0.15) is 0 Å². The van der Waals surface area contributed by atoms with Crippen LogP contribution < -0.4 is 10.1 Å². The molecule has 4 nitrogen and oxygen atoms in total. The van der Waals surface area contributed by atoms with Gasteiger partial charge in [0.25, 0.3) is 0 Å². The number of halogens is 2. The molecule has 1 aliphatic heterocycles. The zero-order valence-electron chi connectivity index (χ0n) is 17.0. The third kappa shape index (κ3) is 4.59. The predicted molar refractivity (Wildman–Crippen MR) is 113 cm³/mol. The fraction of sp³-hybridized carbons (Fsp3) is 0.455. The second-order valence-corrected chi connectivity index (χ2v) is 7.66. The Hall–Kier alpha value is -1.82. The van der Waals surface area contributed by atoms with Gasteiger partial charge >= 0.3 is 0 Å². The Balaban J connectivity index is 0.00000280. The Morgan fingerprint density at radius 1 is 1.14 bits per heavy atom. The second kappa shape index (κ2) is 9.12. The number of nitrogens with one attached hydrogen (secondary N) is 1. The average Bonchev–Trinajstić information content (AvgIpc) is 2.65. The average molecular weight is 409 g/mol. The van der Waals surface area contributed by atoms with Crippen molar-refractivity contribution in [2.45, 2.75) is 39.3 Å². The van der Waals surface area contributed by atoms with Gasteiger partial charge in [-0.25, -0.2) is 4.39 Å². The topological polar surface area (TPSA) is 44.7 Å². The zero-order valence-corrected chi connectivity index (χ0v) is 17.8. The molecule has 0 aromatic heterocycles. The van der Waals surface area contributed by atoms with E-state index in [1.54, 1.807) is 18.2 Å². The highest BCUT2D eigenvalue weighted by Gasteiger charge is 2.37. The van der Waals surface area contributed by atoms with E-state index in [1.165, 1.54) is 12.1 Å². The number of piperazine rings is 1. The number of phenols is 1. The molecule has 0 spiro atoms. The van der Waals surface area contributed by atoms with Crippen molar-refractivity contribution in [1.29, 1.82) is 0 Å². The third-order valence-corrected chi connectivity index (χ3v) is 5.36. The van der Waals surface area contributed by atoms with Crippen molar-refractivity contribution in [2.24, 2.45) is 0 Å². The Labute approximate surface area is 173 Å². The van der Waals surface area contributed by atoms with Crippen molar-refractivity contribution in [3.8, 4) is 11.5 Å². The quantitative estimate of drug-likeness (QED) is 0.762. The van der Waals surface area contributed by atoms with Crippen LogP contribution in [0.5, 0.6) is 11.5 Å². The number of nitrogens with zero attached hydrogens (tertiary/aromatic N) is 1. The summed E-state index contributed by atoms with van der Waals surface area (Å²) in [6, 6.07) is 10.2. The fourth-order valence-corrected chi connectivity index (χ4v) is 3.60. The molecule has 1 fully saturated rings. The number of benzene rings is 2. The summed E-state index contributed by atoms with van der Waals surface area (Å²) in [6.07, 6.45) is 0. The molecule has 0 bridgehead atoms. The lowest BCUT2D eigenvalue weighted by molar-refractivity contribution is -0.0835. The number of rotatable bonds is 5.